The summed E-state index contributed by atoms with van der Waals surface area (Å²) in [5.41, 5.74) is 5.72. The third-order valence-electron chi connectivity index (χ3n) is 3.62. The molecule has 1 heterocycles. The number of carboxylic acid groups (broad SMARTS) is 1. The molecule has 0 aromatic heterocycles. The SMILES string of the molecule is N[C@@H](CCCCNC(=O)C(F)(F)F)C(=O)N1CCC[C@H]1C(=O)O. The minimum absolute atomic E-state index is 0.166. The first kappa shape index (κ1) is 19.2. The normalized spacial score (nSPS) is 19.5. The molecule has 1 rings (SSSR count). The number of nitrogens with one attached hydrogen (secondary N) is 1. The summed E-state index contributed by atoms with van der Waals surface area (Å²) in [6, 6.07) is -1.76. The van der Waals surface area contributed by atoms with Crippen molar-refractivity contribution in [2.24, 2.45) is 5.73 Å². The molecular formula is C13H20F3N3O4. The number of carboxylic acids is 1. The van der Waals surface area contributed by atoms with Crippen LogP contribution in [0.2, 0.25) is 0 Å². The monoisotopic (exact) mass is 339 g/mol. The molecule has 1 fully saturated rings. The molecular weight excluding hydrogens is 319 g/mol. The second-order valence-corrected chi connectivity index (χ2v) is 5.38. The molecule has 10 heteroatoms. The van der Waals surface area contributed by atoms with Crippen LogP contribution < -0.4 is 11.1 Å². The fourth-order valence-corrected chi connectivity index (χ4v) is 2.42. The first-order chi connectivity index (χ1) is 10.6. The van der Waals surface area contributed by atoms with Crippen molar-refractivity contribution in [3.05, 3.63) is 0 Å². The van der Waals surface area contributed by atoms with Crippen molar-refractivity contribution in [1.82, 2.24) is 10.2 Å². The summed E-state index contributed by atoms with van der Waals surface area (Å²) in [7, 11) is 0. The molecule has 0 aromatic rings. The predicted octanol–water partition coefficient (Wildman–Crippen LogP) is 0.238. The Kier molecular flexibility index (Phi) is 6.79. The number of likely N-dealkylation sites (tertiary alicyclic amines) is 1. The third kappa shape index (κ3) is 5.70. The largest absolute Gasteiger partial charge is 0.480 e. The van der Waals surface area contributed by atoms with E-state index in [0.29, 0.717) is 25.8 Å². The van der Waals surface area contributed by atoms with E-state index in [1.165, 1.54) is 4.90 Å². The highest BCUT2D eigenvalue weighted by molar-refractivity contribution is 5.87. The number of carbonyl (C=O) groups is 3. The Bertz CT molecular complexity index is 456. The molecule has 0 aromatic carbocycles. The van der Waals surface area contributed by atoms with Gasteiger partial charge in [-0.05, 0) is 32.1 Å². The maximum Gasteiger partial charge on any atom is 0.471 e. The molecule has 0 aliphatic carbocycles. The van der Waals surface area contributed by atoms with Crippen molar-refractivity contribution in [3.63, 3.8) is 0 Å². The molecule has 1 aliphatic heterocycles. The van der Waals surface area contributed by atoms with Gasteiger partial charge in [0.15, 0.2) is 0 Å². The van der Waals surface area contributed by atoms with Gasteiger partial charge in [0.25, 0.3) is 0 Å². The van der Waals surface area contributed by atoms with Gasteiger partial charge in [-0.2, -0.15) is 13.2 Å². The van der Waals surface area contributed by atoms with Gasteiger partial charge in [-0.1, -0.05) is 0 Å². The fourth-order valence-electron chi connectivity index (χ4n) is 2.42. The van der Waals surface area contributed by atoms with Crippen LogP contribution in [0.1, 0.15) is 32.1 Å². The fraction of sp³-hybridized carbons (Fsp3) is 0.769. The van der Waals surface area contributed by atoms with Crippen LogP contribution in [0.4, 0.5) is 13.2 Å². The smallest absolute Gasteiger partial charge is 0.471 e. The quantitative estimate of drug-likeness (QED) is 0.575. The molecule has 1 saturated heterocycles. The van der Waals surface area contributed by atoms with Gasteiger partial charge in [0.05, 0.1) is 6.04 Å². The van der Waals surface area contributed by atoms with E-state index in [-0.39, 0.29) is 19.4 Å². The second-order valence-electron chi connectivity index (χ2n) is 5.38. The molecule has 7 nitrogen and oxygen atoms in total. The van der Waals surface area contributed by atoms with Crippen LogP contribution in [0.3, 0.4) is 0 Å². The lowest BCUT2D eigenvalue weighted by molar-refractivity contribution is -0.173. The van der Waals surface area contributed by atoms with Crippen molar-refractivity contribution in [3.8, 4) is 0 Å². The van der Waals surface area contributed by atoms with Crippen LogP contribution in [-0.4, -0.2) is 59.1 Å². The number of hydrogen-bond acceptors (Lipinski definition) is 4. The number of carbonyl (C=O) groups excluding carboxylic acids is 2. The number of amides is 2. The summed E-state index contributed by atoms with van der Waals surface area (Å²) >= 11 is 0. The average Bonchev–Trinajstić information content (AvgIpc) is 2.94. The number of halogens is 3. The summed E-state index contributed by atoms with van der Waals surface area (Å²) in [5.74, 6) is -3.54. The summed E-state index contributed by atoms with van der Waals surface area (Å²) in [4.78, 5) is 34.9. The number of aliphatic carboxylic acids is 1. The van der Waals surface area contributed by atoms with Gasteiger partial charge in [0.2, 0.25) is 5.91 Å². The zero-order valence-electron chi connectivity index (χ0n) is 12.4. The molecule has 4 N–H and O–H groups in total. The van der Waals surface area contributed by atoms with Crippen molar-refractivity contribution >= 4 is 17.8 Å². The van der Waals surface area contributed by atoms with E-state index >= 15 is 0 Å². The topological polar surface area (TPSA) is 113 Å². The predicted molar refractivity (Wildman–Crippen MR) is 73.3 cm³/mol. The molecule has 2 atom stereocenters. The number of alkyl halides is 3. The summed E-state index contributed by atoms with van der Waals surface area (Å²) in [5, 5.41) is 10.7. The number of rotatable bonds is 7. The number of hydrogen-bond donors (Lipinski definition) is 3. The third-order valence-corrected chi connectivity index (χ3v) is 3.62. The van der Waals surface area contributed by atoms with E-state index in [1.807, 2.05) is 0 Å². The number of nitrogens with two attached hydrogens (primary N) is 1. The Morgan fingerprint density at radius 3 is 2.52 bits per heavy atom. The Labute approximate surface area is 131 Å². The van der Waals surface area contributed by atoms with Gasteiger partial charge < -0.3 is 21.1 Å². The van der Waals surface area contributed by atoms with Gasteiger partial charge in [-0.25, -0.2) is 4.79 Å². The zero-order valence-corrected chi connectivity index (χ0v) is 12.4. The molecule has 2 amide bonds. The van der Waals surface area contributed by atoms with E-state index in [0.717, 1.165) is 0 Å². The van der Waals surface area contributed by atoms with E-state index < -0.39 is 36.0 Å². The molecule has 0 saturated carbocycles. The maximum atomic E-state index is 12.1. The highest BCUT2D eigenvalue weighted by Crippen LogP contribution is 2.19. The Morgan fingerprint density at radius 2 is 1.96 bits per heavy atom. The first-order valence-electron chi connectivity index (χ1n) is 7.28. The van der Waals surface area contributed by atoms with Gasteiger partial charge >= 0.3 is 18.1 Å². The molecule has 0 radical (unpaired) electrons. The van der Waals surface area contributed by atoms with Crippen LogP contribution in [0.15, 0.2) is 0 Å². The number of nitrogens with zero attached hydrogens (tertiary/aromatic N) is 1. The summed E-state index contributed by atoms with van der Waals surface area (Å²) < 4.78 is 35.8. The summed E-state index contributed by atoms with van der Waals surface area (Å²) in [6.07, 6.45) is -3.13. The van der Waals surface area contributed by atoms with Gasteiger partial charge in [-0.15, -0.1) is 0 Å². The second kappa shape index (κ2) is 8.14. The first-order valence-corrected chi connectivity index (χ1v) is 7.28. The molecule has 0 bridgehead atoms. The standard InChI is InChI=1S/C13H20F3N3O4/c14-13(15,16)12(23)18-6-2-1-4-8(17)10(20)19-7-3-5-9(19)11(21)22/h8-9H,1-7,17H2,(H,18,23)(H,21,22)/t8-,9-/m0/s1. The average molecular weight is 339 g/mol. The highest BCUT2D eigenvalue weighted by atomic mass is 19.4. The van der Waals surface area contributed by atoms with Gasteiger partial charge in [0.1, 0.15) is 6.04 Å². The lowest BCUT2D eigenvalue weighted by Crippen LogP contribution is -2.48. The van der Waals surface area contributed by atoms with Crippen molar-refractivity contribution < 1.29 is 32.7 Å². The lowest BCUT2D eigenvalue weighted by atomic mass is 10.1. The van der Waals surface area contributed by atoms with Gasteiger partial charge in [-0.3, -0.25) is 9.59 Å². The van der Waals surface area contributed by atoms with Crippen LogP contribution >= 0.6 is 0 Å². The molecule has 23 heavy (non-hydrogen) atoms. The van der Waals surface area contributed by atoms with Gasteiger partial charge in [0, 0.05) is 13.1 Å². The zero-order chi connectivity index (χ0) is 17.6. The molecule has 132 valence electrons. The summed E-state index contributed by atoms with van der Waals surface area (Å²) in [6.45, 7) is 0.172. The molecule has 0 unspecified atom stereocenters. The van der Waals surface area contributed by atoms with Crippen LogP contribution in [-0.2, 0) is 14.4 Å². The van der Waals surface area contributed by atoms with E-state index in [9.17, 15) is 27.6 Å². The van der Waals surface area contributed by atoms with Crippen LogP contribution in [0.5, 0.6) is 0 Å². The highest BCUT2D eigenvalue weighted by Gasteiger charge is 2.38. The van der Waals surface area contributed by atoms with Crippen LogP contribution in [0, 0.1) is 0 Å². The molecule has 0 spiro atoms. The van der Waals surface area contributed by atoms with E-state index in [2.05, 4.69) is 0 Å². The van der Waals surface area contributed by atoms with Crippen molar-refractivity contribution in [2.45, 2.75) is 50.4 Å². The maximum absolute atomic E-state index is 12.1. The minimum atomic E-state index is -4.91. The number of unbranched alkanes of at least 4 members (excludes halogenated alkanes) is 1. The van der Waals surface area contributed by atoms with Crippen LogP contribution in [0.25, 0.3) is 0 Å². The van der Waals surface area contributed by atoms with Crippen molar-refractivity contribution in [1.29, 1.82) is 0 Å². The molecule has 1 aliphatic rings. The Balaban J connectivity index is 2.28. The van der Waals surface area contributed by atoms with E-state index in [1.54, 1.807) is 5.32 Å². The minimum Gasteiger partial charge on any atom is -0.480 e. The van der Waals surface area contributed by atoms with E-state index in [4.69, 9.17) is 10.8 Å². The Hall–Kier alpha value is -1.84. The Morgan fingerprint density at radius 1 is 1.30 bits per heavy atom. The van der Waals surface area contributed by atoms with Crippen molar-refractivity contribution in [2.75, 3.05) is 13.1 Å². The lowest BCUT2D eigenvalue weighted by Gasteiger charge is -2.24.